The van der Waals surface area contributed by atoms with Gasteiger partial charge in [0.25, 0.3) is 0 Å². The summed E-state index contributed by atoms with van der Waals surface area (Å²) in [6, 6.07) is 7.77. The highest BCUT2D eigenvalue weighted by Crippen LogP contribution is 2.09. The number of nitrogens with one attached hydrogen (secondary N) is 1. The average Bonchev–Trinajstić information content (AvgIpc) is 2.31. The predicted octanol–water partition coefficient (Wildman–Crippen LogP) is 3.98. The molecule has 96 valence electrons. The van der Waals surface area contributed by atoms with Crippen LogP contribution in [-0.2, 0) is 6.54 Å². The van der Waals surface area contributed by atoms with Gasteiger partial charge >= 0.3 is 0 Å². The molecule has 0 atom stereocenters. The van der Waals surface area contributed by atoms with Crippen LogP contribution in [0.1, 0.15) is 19.4 Å². The van der Waals surface area contributed by atoms with Crippen LogP contribution in [0.15, 0.2) is 53.1 Å². The standard InChI is InChI=1S/C15H19ClN2/c1-11(2)9-12(3)15(17-4)18-10-13-5-7-14(16)8-6-13/h5-9H,1,10H2,2-4H3,(H,17,18). The molecule has 0 saturated carbocycles. The summed E-state index contributed by atoms with van der Waals surface area (Å²) in [4.78, 5) is 4.24. The SMILES string of the molecule is C=C(C)C=C(C)C(=NC)NCc1ccc(Cl)cc1. The van der Waals surface area contributed by atoms with Gasteiger partial charge in [-0.15, -0.1) is 0 Å². The zero-order valence-corrected chi connectivity index (χ0v) is 11.9. The van der Waals surface area contributed by atoms with Crippen molar-refractivity contribution in [2.24, 2.45) is 4.99 Å². The Morgan fingerprint density at radius 3 is 2.44 bits per heavy atom. The average molecular weight is 263 g/mol. The maximum atomic E-state index is 5.85. The highest BCUT2D eigenvalue weighted by atomic mass is 35.5. The van der Waals surface area contributed by atoms with Gasteiger partial charge in [0.05, 0.1) is 0 Å². The van der Waals surface area contributed by atoms with Gasteiger partial charge in [-0.1, -0.05) is 42.0 Å². The largest absolute Gasteiger partial charge is 0.366 e. The molecule has 18 heavy (non-hydrogen) atoms. The van der Waals surface area contributed by atoms with Crippen molar-refractivity contribution in [1.82, 2.24) is 5.32 Å². The van der Waals surface area contributed by atoms with E-state index in [0.29, 0.717) is 0 Å². The van der Waals surface area contributed by atoms with E-state index in [4.69, 9.17) is 11.6 Å². The second kappa shape index (κ2) is 7.02. The third kappa shape index (κ3) is 4.76. The number of hydrogen-bond donors (Lipinski definition) is 1. The zero-order chi connectivity index (χ0) is 13.5. The molecule has 2 nitrogen and oxygen atoms in total. The summed E-state index contributed by atoms with van der Waals surface area (Å²) in [7, 11) is 1.78. The zero-order valence-electron chi connectivity index (χ0n) is 11.1. The summed E-state index contributed by atoms with van der Waals surface area (Å²) in [5.41, 5.74) is 3.27. The van der Waals surface area contributed by atoms with Crippen LogP contribution in [0.4, 0.5) is 0 Å². The Balaban J connectivity index is 2.66. The van der Waals surface area contributed by atoms with Gasteiger partial charge in [-0.25, -0.2) is 0 Å². The number of hydrogen-bond acceptors (Lipinski definition) is 1. The Morgan fingerprint density at radius 1 is 1.33 bits per heavy atom. The minimum Gasteiger partial charge on any atom is -0.366 e. The molecule has 0 saturated heterocycles. The summed E-state index contributed by atoms with van der Waals surface area (Å²) >= 11 is 5.85. The highest BCUT2D eigenvalue weighted by Gasteiger charge is 2.01. The first kappa shape index (κ1) is 14.5. The maximum Gasteiger partial charge on any atom is 0.123 e. The Bertz CT molecular complexity index is 470. The normalized spacial score (nSPS) is 12.4. The Kier molecular flexibility index (Phi) is 5.66. The van der Waals surface area contributed by atoms with E-state index < -0.39 is 0 Å². The molecule has 0 aliphatic carbocycles. The molecule has 0 aliphatic heterocycles. The van der Waals surface area contributed by atoms with Crippen LogP contribution in [-0.4, -0.2) is 12.9 Å². The Labute approximate surface area is 114 Å². The van der Waals surface area contributed by atoms with E-state index >= 15 is 0 Å². The van der Waals surface area contributed by atoms with Gasteiger partial charge in [0.1, 0.15) is 5.84 Å². The lowest BCUT2D eigenvalue weighted by Crippen LogP contribution is -2.24. The summed E-state index contributed by atoms with van der Waals surface area (Å²) < 4.78 is 0. The van der Waals surface area contributed by atoms with E-state index in [1.807, 2.05) is 44.2 Å². The summed E-state index contributed by atoms with van der Waals surface area (Å²) in [6.45, 7) is 8.58. The molecule has 1 aromatic carbocycles. The Hall–Kier alpha value is -1.54. The van der Waals surface area contributed by atoms with Crippen molar-refractivity contribution in [3.05, 3.63) is 58.7 Å². The molecule has 1 N–H and O–H groups in total. The van der Waals surface area contributed by atoms with Gasteiger partial charge in [0.2, 0.25) is 0 Å². The van der Waals surface area contributed by atoms with Crippen LogP contribution < -0.4 is 5.32 Å². The molecule has 0 amide bonds. The summed E-state index contributed by atoms with van der Waals surface area (Å²) in [6.07, 6.45) is 2.01. The highest BCUT2D eigenvalue weighted by molar-refractivity contribution is 6.30. The van der Waals surface area contributed by atoms with Crippen molar-refractivity contribution in [2.75, 3.05) is 7.05 Å². The fourth-order valence-corrected chi connectivity index (χ4v) is 1.75. The lowest BCUT2D eigenvalue weighted by atomic mass is 10.1. The fraction of sp³-hybridized carbons (Fsp3) is 0.267. The number of halogens is 1. The summed E-state index contributed by atoms with van der Waals surface area (Å²) in [5, 5.41) is 4.06. The van der Waals surface area contributed by atoms with Crippen molar-refractivity contribution >= 4 is 17.4 Å². The number of amidine groups is 1. The second-order valence-corrected chi connectivity index (χ2v) is 4.66. The van der Waals surface area contributed by atoms with E-state index in [2.05, 4.69) is 16.9 Å². The van der Waals surface area contributed by atoms with Gasteiger partial charge in [-0.3, -0.25) is 4.99 Å². The molecule has 0 aliphatic rings. The maximum absolute atomic E-state index is 5.85. The minimum absolute atomic E-state index is 0.727. The second-order valence-electron chi connectivity index (χ2n) is 4.23. The number of nitrogens with zero attached hydrogens (tertiary/aromatic N) is 1. The van der Waals surface area contributed by atoms with Crippen molar-refractivity contribution in [3.63, 3.8) is 0 Å². The van der Waals surface area contributed by atoms with Crippen molar-refractivity contribution in [2.45, 2.75) is 20.4 Å². The number of allylic oxidation sites excluding steroid dienone is 2. The third-order valence-electron chi connectivity index (χ3n) is 2.43. The van der Waals surface area contributed by atoms with Gasteiger partial charge in [-0.2, -0.15) is 0 Å². The van der Waals surface area contributed by atoms with Gasteiger partial charge in [0.15, 0.2) is 0 Å². The number of aliphatic imine (C=N–C) groups is 1. The van der Waals surface area contributed by atoms with Crippen molar-refractivity contribution < 1.29 is 0 Å². The first-order valence-electron chi connectivity index (χ1n) is 5.82. The van der Waals surface area contributed by atoms with Crippen LogP contribution in [0.3, 0.4) is 0 Å². The minimum atomic E-state index is 0.727. The van der Waals surface area contributed by atoms with Crippen LogP contribution >= 0.6 is 11.6 Å². The molecular formula is C15H19ClN2. The number of benzene rings is 1. The smallest absolute Gasteiger partial charge is 0.123 e. The molecule has 0 unspecified atom stereocenters. The molecule has 0 aromatic heterocycles. The first-order valence-corrected chi connectivity index (χ1v) is 6.20. The van der Waals surface area contributed by atoms with Crippen molar-refractivity contribution in [1.29, 1.82) is 0 Å². The molecule has 0 heterocycles. The Morgan fingerprint density at radius 2 is 1.94 bits per heavy atom. The van der Waals surface area contributed by atoms with Crippen LogP contribution in [0.5, 0.6) is 0 Å². The molecule has 0 bridgehead atoms. The third-order valence-corrected chi connectivity index (χ3v) is 2.69. The van der Waals surface area contributed by atoms with E-state index in [0.717, 1.165) is 28.5 Å². The molecule has 3 heteroatoms. The van der Waals surface area contributed by atoms with Crippen LogP contribution in [0.25, 0.3) is 0 Å². The monoisotopic (exact) mass is 262 g/mol. The van der Waals surface area contributed by atoms with E-state index in [1.165, 1.54) is 5.56 Å². The topological polar surface area (TPSA) is 24.4 Å². The molecule has 0 spiro atoms. The van der Waals surface area contributed by atoms with E-state index in [-0.39, 0.29) is 0 Å². The van der Waals surface area contributed by atoms with Gasteiger partial charge in [-0.05, 0) is 37.1 Å². The van der Waals surface area contributed by atoms with Gasteiger partial charge in [0, 0.05) is 18.6 Å². The van der Waals surface area contributed by atoms with Crippen LogP contribution in [0, 0.1) is 0 Å². The lowest BCUT2D eigenvalue weighted by Gasteiger charge is -2.10. The predicted molar refractivity (Wildman–Crippen MR) is 80.2 cm³/mol. The van der Waals surface area contributed by atoms with E-state index in [9.17, 15) is 0 Å². The fourth-order valence-electron chi connectivity index (χ4n) is 1.62. The van der Waals surface area contributed by atoms with Crippen molar-refractivity contribution in [3.8, 4) is 0 Å². The molecule has 0 radical (unpaired) electrons. The molecule has 1 rings (SSSR count). The summed E-state index contributed by atoms with van der Waals surface area (Å²) in [5.74, 6) is 0.882. The molecule has 1 aromatic rings. The van der Waals surface area contributed by atoms with Crippen LogP contribution in [0.2, 0.25) is 5.02 Å². The van der Waals surface area contributed by atoms with Gasteiger partial charge < -0.3 is 5.32 Å². The quantitative estimate of drug-likeness (QED) is 0.495. The lowest BCUT2D eigenvalue weighted by molar-refractivity contribution is 0.908. The molecular weight excluding hydrogens is 244 g/mol. The first-order chi connectivity index (χ1) is 8.52. The van der Waals surface area contributed by atoms with E-state index in [1.54, 1.807) is 7.05 Å². The number of rotatable bonds is 4. The molecule has 0 fully saturated rings.